The molecule has 0 amide bonds. The summed E-state index contributed by atoms with van der Waals surface area (Å²) in [6.45, 7) is 8.86. The summed E-state index contributed by atoms with van der Waals surface area (Å²) in [6, 6.07) is 4.55. The lowest BCUT2D eigenvalue weighted by Crippen LogP contribution is -2.40. The second-order valence-electron chi connectivity index (χ2n) is 5.75. The van der Waals surface area contributed by atoms with Crippen molar-refractivity contribution in [1.82, 2.24) is 0 Å². The Morgan fingerprint density at radius 3 is 2.89 bits per heavy atom. The van der Waals surface area contributed by atoms with Crippen molar-refractivity contribution in [2.45, 2.75) is 52.0 Å². The molecule has 98 valence electrons. The van der Waals surface area contributed by atoms with Crippen molar-refractivity contribution in [3.8, 4) is 0 Å². The molecule has 0 aliphatic carbocycles. The third-order valence-corrected chi connectivity index (χ3v) is 3.67. The Morgan fingerprint density at radius 1 is 1.50 bits per heavy atom. The molecule has 0 N–H and O–H groups in total. The smallest absolute Gasteiger partial charge is 0.312 e. The van der Waals surface area contributed by atoms with Crippen LogP contribution < -0.4 is 4.57 Å². The van der Waals surface area contributed by atoms with Crippen molar-refractivity contribution in [3.05, 3.63) is 29.6 Å². The van der Waals surface area contributed by atoms with E-state index >= 15 is 0 Å². The van der Waals surface area contributed by atoms with Crippen LogP contribution in [0.3, 0.4) is 0 Å². The number of carbonyl (C=O) groups excluding carboxylic acids is 1. The van der Waals surface area contributed by atoms with Crippen molar-refractivity contribution >= 4 is 5.97 Å². The summed E-state index contributed by atoms with van der Waals surface area (Å²) in [7, 11) is 0. The second-order valence-corrected chi connectivity index (χ2v) is 5.75. The zero-order valence-electron chi connectivity index (χ0n) is 11.7. The molecule has 0 fully saturated rings. The van der Waals surface area contributed by atoms with Gasteiger partial charge in [-0.25, -0.2) is 0 Å². The number of ether oxygens (including phenoxy) is 1. The molecule has 1 aliphatic rings. The van der Waals surface area contributed by atoms with Gasteiger partial charge in [0.25, 0.3) is 0 Å². The van der Waals surface area contributed by atoms with Crippen LogP contribution in [-0.2, 0) is 14.9 Å². The quantitative estimate of drug-likeness (QED) is 0.607. The number of nitrogens with zero attached hydrogens (tertiary/aromatic N) is 1. The molecular weight excluding hydrogens is 226 g/mol. The van der Waals surface area contributed by atoms with Gasteiger partial charge in [0.1, 0.15) is 6.42 Å². The fourth-order valence-corrected chi connectivity index (χ4v) is 2.88. The van der Waals surface area contributed by atoms with Gasteiger partial charge >= 0.3 is 5.97 Å². The highest BCUT2D eigenvalue weighted by atomic mass is 16.5. The summed E-state index contributed by atoms with van der Waals surface area (Å²) in [5.41, 5.74) is 2.66. The maximum atomic E-state index is 11.7. The molecule has 1 atom stereocenters. The first-order chi connectivity index (χ1) is 8.44. The minimum Gasteiger partial charge on any atom is -0.466 e. The maximum Gasteiger partial charge on any atom is 0.312 e. The van der Waals surface area contributed by atoms with Gasteiger partial charge in [0.05, 0.1) is 12.0 Å². The van der Waals surface area contributed by atoms with E-state index in [1.165, 1.54) is 11.3 Å². The topological polar surface area (TPSA) is 30.2 Å². The van der Waals surface area contributed by atoms with Gasteiger partial charge in [-0.2, -0.15) is 4.57 Å². The Bertz CT molecular complexity index is 466. The predicted molar refractivity (Wildman–Crippen MR) is 69.3 cm³/mol. The molecule has 1 aliphatic heterocycles. The van der Waals surface area contributed by atoms with Crippen LogP contribution >= 0.6 is 0 Å². The second kappa shape index (κ2) is 4.71. The van der Waals surface area contributed by atoms with Crippen LogP contribution in [0.4, 0.5) is 0 Å². The minimum atomic E-state index is -0.0971. The molecular formula is C15H22NO2+. The first-order valence-electron chi connectivity index (χ1n) is 6.62. The van der Waals surface area contributed by atoms with Gasteiger partial charge in [-0.05, 0) is 33.8 Å². The lowest BCUT2D eigenvalue weighted by molar-refractivity contribution is -0.716. The number of fused-ring (bicyclic) bond motifs is 1. The van der Waals surface area contributed by atoms with E-state index in [4.69, 9.17) is 4.74 Å². The third-order valence-electron chi connectivity index (χ3n) is 3.67. The molecule has 3 heteroatoms. The van der Waals surface area contributed by atoms with Gasteiger partial charge in [-0.3, -0.25) is 4.79 Å². The number of hydrogen-bond acceptors (Lipinski definition) is 2. The molecule has 1 aromatic heterocycles. The van der Waals surface area contributed by atoms with E-state index in [1.807, 2.05) is 6.92 Å². The maximum absolute atomic E-state index is 11.7. The van der Waals surface area contributed by atoms with E-state index in [-0.39, 0.29) is 17.4 Å². The van der Waals surface area contributed by atoms with Crippen molar-refractivity contribution < 1.29 is 14.1 Å². The van der Waals surface area contributed by atoms with Gasteiger partial charge in [0.15, 0.2) is 17.9 Å². The normalized spacial score (nSPS) is 20.6. The Balaban J connectivity index is 2.26. The number of esters is 1. The van der Waals surface area contributed by atoms with Gasteiger partial charge in [-0.15, -0.1) is 0 Å². The highest BCUT2D eigenvalue weighted by Crippen LogP contribution is 2.36. The fraction of sp³-hybridized carbons (Fsp3) is 0.600. The first kappa shape index (κ1) is 13.1. The molecule has 2 rings (SSSR count). The van der Waals surface area contributed by atoms with E-state index in [9.17, 15) is 4.79 Å². The lowest BCUT2D eigenvalue weighted by atomic mass is 9.86. The van der Waals surface area contributed by atoms with Crippen LogP contribution in [-0.4, -0.2) is 12.6 Å². The van der Waals surface area contributed by atoms with Gasteiger partial charge in [0.2, 0.25) is 0 Å². The summed E-state index contributed by atoms with van der Waals surface area (Å²) in [5, 5.41) is 0. The number of aromatic nitrogens is 1. The van der Waals surface area contributed by atoms with Gasteiger partial charge < -0.3 is 4.74 Å². The van der Waals surface area contributed by atoms with Crippen LogP contribution in [0.1, 0.15) is 50.9 Å². The van der Waals surface area contributed by atoms with Crippen molar-refractivity contribution in [1.29, 1.82) is 0 Å². The zero-order valence-corrected chi connectivity index (χ0v) is 11.7. The summed E-state index contributed by atoms with van der Waals surface area (Å²) < 4.78 is 7.32. The number of pyridine rings is 1. The van der Waals surface area contributed by atoms with Crippen molar-refractivity contribution in [2.24, 2.45) is 0 Å². The van der Waals surface area contributed by atoms with E-state index in [0.717, 1.165) is 6.42 Å². The zero-order chi connectivity index (χ0) is 13.3. The number of rotatable bonds is 3. The minimum absolute atomic E-state index is 0.0971. The summed E-state index contributed by atoms with van der Waals surface area (Å²) >= 11 is 0. The highest BCUT2D eigenvalue weighted by molar-refractivity contribution is 5.69. The molecule has 1 aromatic rings. The Kier molecular flexibility index (Phi) is 3.42. The molecule has 0 saturated heterocycles. The van der Waals surface area contributed by atoms with Crippen LogP contribution in [0.5, 0.6) is 0 Å². The summed E-state index contributed by atoms with van der Waals surface area (Å²) in [6.07, 6.45) is 3.61. The molecule has 0 radical (unpaired) electrons. The fourth-order valence-electron chi connectivity index (χ4n) is 2.88. The van der Waals surface area contributed by atoms with E-state index < -0.39 is 0 Å². The largest absolute Gasteiger partial charge is 0.466 e. The first-order valence-corrected chi connectivity index (χ1v) is 6.62. The monoisotopic (exact) mass is 248 g/mol. The Hall–Kier alpha value is -1.38. The van der Waals surface area contributed by atoms with Crippen LogP contribution in [0.2, 0.25) is 0 Å². The van der Waals surface area contributed by atoms with Crippen molar-refractivity contribution in [3.63, 3.8) is 0 Å². The molecule has 0 saturated carbocycles. The highest BCUT2D eigenvalue weighted by Gasteiger charge is 2.45. The number of carbonyl (C=O) groups is 1. The number of hydrogen-bond donors (Lipinski definition) is 0. The Labute approximate surface area is 109 Å². The summed E-state index contributed by atoms with van der Waals surface area (Å²) in [5.74, 6) is -0.0971. The molecule has 2 heterocycles. The molecule has 0 bridgehead atoms. The van der Waals surface area contributed by atoms with E-state index in [0.29, 0.717) is 13.0 Å². The lowest BCUT2D eigenvalue weighted by Gasteiger charge is -2.11. The summed E-state index contributed by atoms with van der Waals surface area (Å²) in [4.78, 5) is 11.7. The number of aryl methyl sites for hydroxylation is 1. The molecule has 3 nitrogen and oxygen atoms in total. The predicted octanol–water partition coefficient (Wildman–Crippen LogP) is 2.46. The van der Waals surface area contributed by atoms with Gasteiger partial charge in [0, 0.05) is 18.1 Å². The van der Waals surface area contributed by atoms with Crippen molar-refractivity contribution in [2.75, 3.05) is 6.61 Å². The standard InChI is InChI=1S/C15H22NO2/c1-5-18-14(17)8-12-9-15(3,4)13-7-6-11(2)10-16(12)13/h6-7,10,12H,5,8-9H2,1-4H3/q+1. The van der Waals surface area contributed by atoms with E-state index in [1.54, 1.807) is 0 Å². The van der Waals surface area contributed by atoms with E-state index in [2.05, 4.69) is 43.7 Å². The van der Waals surface area contributed by atoms with Crippen LogP contribution in [0.25, 0.3) is 0 Å². The van der Waals surface area contributed by atoms with Crippen LogP contribution in [0, 0.1) is 6.92 Å². The molecule has 0 spiro atoms. The molecule has 18 heavy (non-hydrogen) atoms. The van der Waals surface area contributed by atoms with Crippen LogP contribution in [0.15, 0.2) is 18.3 Å². The average Bonchev–Trinajstić information content (AvgIpc) is 2.50. The molecule has 0 aromatic carbocycles. The average molecular weight is 248 g/mol. The molecule has 1 unspecified atom stereocenters. The van der Waals surface area contributed by atoms with Gasteiger partial charge in [-0.1, -0.05) is 0 Å². The Morgan fingerprint density at radius 2 is 2.22 bits per heavy atom. The SMILES string of the molecule is CCOC(=O)CC1CC(C)(C)c2ccc(C)c[n+]21. The third kappa shape index (κ3) is 2.40.